The van der Waals surface area contributed by atoms with Crippen LogP contribution in [0.15, 0.2) is 30.3 Å². The number of amides is 2. The average Bonchev–Trinajstić information content (AvgIpc) is 2.92. The van der Waals surface area contributed by atoms with Crippen molar-refractivity contribution in [2.75, 3.05) is 45.8 Å². The maximum atomic E-state index is 12.5. The third-order valence-electron chi connectivity index (χ3n) is 5.00. The summed E-state index contributed by atoms with van der Waals surface area (Å²) < 4.78 is 0. The van der Waals surface area contributed by atoms with Crippen LogP contribution in [0, 0.1) is 0 Å². The number of benzene rings is 1. The summed E-state index contributed by atoms with van der Waals surface area (Å²) in [7, 11) is 0. The predicted molar refractivity (Wildman–Crippen MR) is 93.8 cm³/mol. The van der Waals surface area contributed by atoms with Crippen molar-refractivity contribution in [3.63, 3.8) is 0 Å². The van der Waals surface area contributed by atoms with E-state index >= 15 is 0 Å². The van der Waals surface area contributed by atoms with Crippen molar-refractivity contribution >= 4 is 11.8 Å². The van der Waals surface area contributed by atoms with Gasteiger partial charge in [-0.15, -0.1) is 0 Å². The lowest BCUT2D eigenvalue weighted by atomic mass is 10.2. The zero-order chi connectivity index (χ0) is 16.8. The molecule has 0 unspecified atom stereocenters. The highest BCUT2D eigenvalue weighted by Gasteiger charge is 2.24. The summed E-state index contributed by atoms with van der Waals surface area (Å²) in [6.45, 7) is 5.25. The van der Waals surface area contributed by atoms with Gasteiger partial charge in [0.05, 0.1) is 6.54 Å². The van der Waals surface area contributed by atoms with Gasteiger partial charge in [0.15, 0.2) is 0 Å². The topological polar surface area (TPSA) is 43.9 Å². The van der Waals surface area contributed by atoms with Crippen molar-refractivity contribution in [2.24, 2.45) is 0 Å². The number of hydrogen-bond acceptors (Lipinski definition) is 3. The minimum atomic E-state index is 0.0918. The van der Waals surface area contributed by atoms with Gasteiger partial charge in [0.1, 0.15) is 0 Å². The van der Waals surface area contributed by atoms with E-state index in [2.05, 4.69) is 4.90 Å². The molecule has 0 N–H and O–H groups in total. The zero-order valence-electron chi connectivity index (χ0n) is 14.3. The first-order chi connectivity index (χ1) is 11.7. The Labute approximate surface area is 144 Å². The molecule has 130 valence electrons. The number of hydrogen-bond donors (Lipinski definition) is 0. The van der Waals surface area contributed by atoms with Crippen molar-refractivity contribution in [3.8, 4) is 0 Å². The molecular weight excluding hydrogens is 302 g/mol. The van der Waals surface area contributed by atoms with Crippen LogP contribution in [0.25, 0.3) is 0 Å². The largest absolute Gasteiger partial charge is 0.342 e. The number of nitrogens with zero attached hydrogens (tertiary/aromatic N) is 3. The van der Waals surface area contributed by atoms with E-state index in [1.165, 1.54) is 12.8 Å². The number of piperazine rings is 1. The first-order valence-corrected chi connectivity index (χ1v) is 9.08. The third-order valence-corrected chi connectivity index (χ3v) is 5.00. The van der Waals surface area contributed by atoms with Crippen LogP contribution in [0.3, 0.4) is 0 Å². The van der Waals surface area contributed by atoms with E-state index in [0.717, 1.165) is 44.6 Å². The van der Waals surface area contributed by atoms with Crippen LogP contribution in [0.5, 0.6) is 0 Å². The minimum Gasteiger partial charge on any atom is -0.342 e. The fourth-order valence-electron chi connectivity index (χ4n) is 3.48. The normalized spacial score (nSPS) is 19.8. The molecule has 5 nitrogen and oxygen atoms in total. The Bertz CT molecular complexity index is 545. The van der Waals surface area contributed by atoms with Gasteiger partial charge in [-0.2, -0.15) is 0 Å². The van der Waals surface area contributed by atoms with Crippen molar-refractivity contribution < 1.29 is 9.59 Å². The van der Waals surface area contributed by atoms with E-state index < -0.39 is 0 Å². The third kappa shape index (κ3) is 4.35. The Morgan fingerprint density at radius 1 is 0.750 bits per heavy atom. The smallest absolute Gasteiger partial charge is 0.253 e. The van der Waals surface area contributed by atoms with Crippen LogP contribution in [-0.2, 0) is 4.79 Å². The van der Waals surface area contributed by atoms with E-state index in [9.17, 15) is 9.59 Å². The molecule has 2 aliphatic rings. The Kier molecular flexibility index (Phi) is 5.86. The quantitative estimate of drug-likeness (QED) is 0.850. The van der Waals surface area contributed by atoms with E-state index in [1.54, 1.807) is 0 Å². The molecule has 1 aromatic carbocycles. The van der Waals surface area contributed by atoms with Crippen LogP contribution >= 0.6 is 0 Å². The van der Waals surface area contributed by atoms with E-state index in [4.69, 9.17) is 0 Å². The molecule has 2 saturated heterocycles. The van der Waals surface area contributed by atoms with Crippen LogP contribution in [-0.4, -0.2) is 72.3 Å². The zero-order valence-corrected chi connectivity index (χ0v) is 14.3. The second-order valence-corrected chi connectivity index (χ2v) is 6.73. The molecule has 2 heterocycles. The van der Waals surface area contributed by atoms with Gasteiger partial charge in [-0.3, -0.25) is 14.5 Å². The summed E-state index contributed by atoms with van der Waals surface area (Å²) in [5.41, 5.74) is 0.742. The molecule has 5 heteroatoms. The van der Waals surface area contributed by atoms with Crippen molar-refractivity contribution in [3.05, 3.63) is 35.9 Å². The standard InChI is InChI=1S/C19H27N3O2/c23-18(21-10-6-1-2-7-11-21)16-20-12-14-22(15-13-20)19(24)17-8-4-3-5-9-17/h3-5,8-9H,1-2,6-7,10-16H2. The molecule has 0 atom stereocenters. The fraction of sp³-hybridized carbons (Fsp3) is 0.579. The highest BCUT2D eigenvalue weighted by atomic mass is 16.2. The molecule has 0 saturated carbocycles. The van der Waals surface area contributed by atoms with Crippen LogP contribution in [0.2, 0.25) is 0 Å². The second-order valence-electron chi connectivity index (χ2n) is 6.73. The molecule has 2 amide bonds. The number of likely N-dealkylation sites (tertiary alicyclic amines) is 1. The molecule has 2 fully saturated rings. The predicted octanol–water partition coefficient (Wildman–Crippen LogP) is 1.85. The van der Waals surface area contributed by atoms with Crippen LogP contribution < -0.4 is 0 Å². The molecular formula is C19H27N3O2. The minimum absolute atomic E-state index is 0.0918. The molecule has 2 aliphatic heterocycles. The van der Waals surface area contributed by atoms with E-state index in [-0.39, 0.29) is 11.8 Å². The number of rotatable bonds is 3. The molecule has 1 aromatic rings. The summed E-state index contributed by atoms with van der Waals surface area (Å²) in [5.74, 6) is 0.342. The van der Waals surface area contributed by atoms with Gasteiger partial charge in [0, 0.05) is 44.8 Å². The molecule has 3 rings (SSSR count). The first kappa shape index (κ1) is 17.0. The molecule has 24 heavy (non-hydrogen) atoms. The van der Waals surface area contributed by atoms with Crippen molar-refractivity contribution in [1.29, 1.82) is 0 Å². The average molecular weight is 329 g/mol. The van der Waals surface area contributed by atoms with Gasteiger partial charge in [0.25, 0.3) is 5.91 Å². The highest BCUT2D eigenvalue weighted by molar-refractivity contribution is 5.94. The maximum absolute atomic E-state index is 12.5. The lowest BCUT2D eigenvalue weighted by Crippen LogP contribution is -2.51. The summed E-state index contributed by atoms with van der Waals surface area (Å²) in [6, 6.07) is 9.42. The van der Waals surface area contributed by atoms with Gasteiger partial charge in [-0.1, -0.05) is 31.0 Å². The Morgan fingerprint density at radius 3 is 2.00 bits per heavy atom. The van der Waals surface area contributed by atoms with Gasteiger partial charge in [0.2, 0.25) is 5.91 Å². The van der Waals surface area contributed by atoms with Gasteiger partial charge < -0.3 is 9.80 Å². The second kappa shape index (κ2) is 8.29. The molecule has 0 bridgehead atoms. The molecule has 0 radical (unpaired) electrons. The summed E-state index contributed by atoms with van der Waals surface area (Å²) in [4.78, 5) is 31.0. The van der Waals surface area contributed by atoms with Crippen LogP contribution in [0.1, 0.15) is 36.0 Å². The first-order valence-electron chi connectivity index (χ1n) is 9.08. The summed E-state index contributed by atoms with van der Waals surface area (Å²) in [6.07, 6.45) is 4.74. The van der Waals surface area contributed by atoms with Gasteiger partial charge in [-0.05, 0) is 25.0 Å². The molecule has 0 spiro atoms. The van der Waals surface area contributed by atoms with Crippen LogP contribution in [0.4, 0.5) is 0 Å². The van der Waals surface area contributed by atoms with Crippen molar-refractivity contribution in [1.82, 2.24) is 14.7 Å². The maximum Gasteiger partial charge on any atom is 0.253 e. The lowest BCUT2D eigenvalue weighted by Gasteiger charge is -2.35. The fourth-order valence-corrected chi connectivity index (χ4v) is 3.48. The SMILES string of the molecule is O=C(CN1CCN(C(=O)c2ccccc2)CC1)N1CCCCCC1. The van der Waals surface area contributed by atoms with Crippen molar-refractivity contribution in [2.45, 2.75) is 25.7 Å². The van der Waals surface area contributed by atoms with E-state index in [0.29, 0.717) is 19.6 Å². The molecule has 0 aliphatic carbocycles. The summed E-state index contributed by atoms with van der Waals surface area (Å²) >= 11 is 0. The Morgan fingerprint density at radius 2 is 1.38 bits per heavy atom. The van der Waals surface area contributed by atoms with Gasteiger partial charge in [-0.25, -0.2) is 0 Å². The Hall–Kier alpha value is -1.88. The highest BCUT2D eigenvalue weighted by Crippen LogP contribution is 2.12. The summed E-state index contributed by atoms with van der Waals surface area (Å²) in [5, 5.41) is 0. The van der Waals surface area contributed by atoms with E-state index in [1.807, 2.05) is 40.1 Å². The molecule has 0 aromatic heterocycles. The Balaban J connectivity index is 1.46. The monoisotopic (exact) mass is 329 g/mol. The lowest BCUT2D eigenvalue weighted by molar-refractivity contribution is -0.132. The number of carbonyl (C=O) groups excluding carboxylic acids is 2. The van der Waals surface area contributed by atoms with Gasteiger partial charge >= 0.3 is 0 Å². The number of carbonyl (C=O) groups is 2.